The number of halogens is 3. The van der Waals surface area contributed by atoms with Gasteiger partial charge in [-0.2, -0.15) is 0 Å². The molecule has 1 unspecified atom stereocenters. The molecule has 0 heterocycles. The summed E-state index contributed by atoms with van der Waals surface area (Å²) in [7, 11) is 0. The van der Waals surface area contributed by atoms with Crippen molar-refractivity contribution in [2.24, 2.45) is 0 Å². The number of hydrogen-bond acceptors (Lipinski definition) is 0. The Kier molecular flexibility index (Phi) is 3.58. The van der Waals surface area contributed by atoms with Gasteiger partial charge in [0.05, 0.1) is 0 Å². The lowest BCUT2D eigenvalue weighted by Gasteiger charge is -2.25. The van der Waals surface area contributed by atoms with Crippen molar-refractivity contribution in [3.8, 4) is 0 Å². The molecule has 1 aliphatic carbocycles. The van der Waals surface area contributed by atoms with Gasteiger partial charge >= 0.3 is 0 Å². The van der Waals surface area contributed by atoms with Crippen LogP contribution in [0, 0.1) is 17.5 Å². The minimum absolute atomic E-state index is 0.00114. The van der Waals surface area contributed by atoms with Gasteiger partial charge in [-0.15, -0.1) is 0 Å². The van der Waals surface area contributed by atoms with Crippen molar-refractivity contribution in [1.82, 2.24) is 0 Å². The van der Waals surface area contributed by atoms with Crippen LogP contribution in [0.15, 0.2) is 36.9 Å². The quantitative estimate of drug-likeness (QED) is 0.728. The molecule has 0 radical (unpaired) electrons. The smallest absolute Gasteiger partial charge is 0.159 e. The molecule has 2 aromatic rings. The van der Waals surface area contributed by atoms with Crippen LogP contribution >= 0.6 is 0 Å². The van der Waals surface area contributed by atoms with Crippen LogP contribution in [0.1, 0.15) is 34.6 Å². The second-order valence-corrected chi connectivity index (χ2v) is 5.46. The van der Waals surface area contributed by atoms with E-state index in [1.807, 2.05) is 6.07 Å². The second kappa shape index (κ2) is 5.40. The van der Waals surface area contributed by atoms with E-state index in [0.29, 0.717) is 18.4 Å². The largest absolute Gasteiger partial charge is 0.207 e. The summed E-state index contributed by atoms with van der Waals surface area (Å²) in [6, 6.07) is 7.56. The van der Waals surface area contributed by atoms with E-state index in [9.17, 15) is 13.2 Å². The highest BCUT2D eigenvalue weighted by Crippen LogP contribution is 2.35. The van der Waals surface area contributed by atoms with Gasteiger partial charge in [0.15, 0.2) is 11.6 Å². The summed E-state index contributed by atoms with van der Waals surface area (Å²) in [5.74, 6) is -1.91. The Morgan fingerprint density at radius 2 is 1.67 bits per heavy atom. The number of aryl methyl sites for hydroxylation is 1. The summed E-state index contributed by atoms with van der Waals surface area (Å²) in [4.78, 5) is 0. The SMILES string of the molecule is C=Cc1ccc(C2CCc3cc(F)c(F)cc3C2)c(F)c1. The van der Waals surface area contributed by atoms with E-state index < -0.39 is 11.6 Å². The summed E-state index contributed by atoms with van der Waals surface area (Å²) in [5, 5.41) is 0. The first kappa shape index (κ1) is 13.9. The van der Waals surface area contributed by atoms with E-state index in [1.54, 1.807) is 12.1 Å². The molecule has 1 atom stereocenters. The highest BCUT2D eigenvalue weighted by molar-refractivity contribution is 5.48. The van der Waals surface area contributed by atoms with E-state index in [-0.39, 0.29) is 11.7 Å². The molecular formula is C18H15F3. The first-order valence-electron chi connectivity index (χ1n) is 6.97. The van der Waals surface area contributed by atoms with Crippen LogP contribution in [0.2, 0.25) is 0 Å². The zero-order valence-corrected chi connectivity index (χ0v) is 11.5. The molecule has 108 valence electrons. The monoisotopic (exact) mass is 288 g/mol. The van der Waals surface area contributed by atoms with Gasteiger partial charge in [-0.3, -0.25) is 0 Å². The normalized spacial score (nSPS) is 17.4. The minimum atomic E-state index is -0.836. The summed E-state index contributed by atoms with van der Waals surface area (Å²) in [6.07, 6.45) is 3.51. The maximum Gasteiger partial charge on any atom is 0.159 e. The van der Waals surface area contributed by atoms with Gasteiger partial charge in [0.25, 0.3) is 0 Å². The predicted octanol–water partition coefficient (Wildman–Crippen LogP) is 5.02. The van der Waals surface area contributed by atoms with Crippen LogP contribution in [-0.2, 0) is 12.8 Å². The number of rotatable bonds is 2. The van der Waals surface area contributed by atoms with Gasteiger partial charge in [-0.05, 0) is 65.6 Å². The third-order valence-corrected chi connectivity index (χ3v) is 4.17. The zero-order chi connectivity index (χ0) is 15.0. The fourth-order valence-electron chi connectivity index (χ4n) is 3.02. The van der Waals surface area contributed by atoms with Crippen LogP contribution in [0.3, 0.4) is 0 Å². The molecule has 0 spiro atoms. The molecule has 0 aliphatic heterocycles. The van der Waals surface area contributed by atoms with Gasteiger partial charge in [0, 0.05) is 0 Å². The highest BCUT2D eigenvalue weighted by Gasteiger charge is 2.24. The Bertz CT molecular complexity index is 704. The second-order valence-electron chi connectivity index (χ2n) is 5.46. The average Bonchev–Trinajstić information content (AvgIpc) is 2.48. The van der Waals surface area contributed by atoms with E-state index >= 15 is 0 Å². The lowest BCUT2D eigenvalue weighted by Crippen LogP contribution is -2.15. The fourth-order valence-corrected chi connectivity index (χ4v) is 3.02. The molecule has 0 amide bonds. The minimum Gasteiger partial charge on any atom is -0.207 e. The molecule has 1 aliphatic rings. The topological polar surface area (TPSA) is 0 Å². The van der Waals surface area contributed by atoms with Crippen molar-refractivity contribution in [3.63, 3.8) is 0 Å². The van der Waals surface area contributed by atoms with E-state index in [2.05, 4.69) is 6.58 Å². The standard InChI is InChI=1S/C18H15F3/c1-2-11-3-6-15(16(19)7-11)13-5-4-12-9-17(20)18(21)10-14(12)8-13/h2-3,6-7,9-10,13H,1,4-5,8H2. The van der Waals surface area contributed by atoms with Crippen LogP contribution in [0.25, 0.3) is 6.08 Å². The van der Waals surface area contributed by atoms with Gasteiger partial charge < -0.3 is 0 Å². The lowest BCUT2D eigenvalue weighted by molar-refractivity contribution is 0.492. The average molecular weight is 288 g/mol. The molecule has 0 saturated heterocycles. The Hall–Kier alpha value is -2.03. The summed E-state index contributed by atoms with van der Waals surface area (Å²) in [5.41, 5.74) is 2.97. The summed E-state index contributed by atoms with van der Waals surface area (Å²) >= 11 is 0. The van der Waals surface area contributed by atoms with E-state index in [0.717, 1.165) is 23.1 Å². The van der Waals surface area contributed by atoms with Crippen LogP contribution in [0.5, 0.6) is 0 Å². The van der Waals surface area contributed by atoms with Crippen molar-refractivity contribution in [2.75, 3.05) is 0 Å². The van der Waals surface area contributed by atoms with E-state index in [1.165, 1.54) is 18.2 Å². The molecule has 21 heavy (non-hydrogen) atoms. The van der Waals surface area contributed by atoms with Crippen LogP contribution < -0.4 is 0 Å². The number of benzene rings is 2. The Morgan fingerprint density at radius 1 is 0.952 bits per heavy atom. The molecule has 2 aromatic carbocycles. The van der Waals surface area contributed by atoms with Gasteiger partial charge in [0.1, 0.15) is 5.82 Å². The summed E-state index contributed by atoms with van der Waals surface area (Å²) in [6.45, 7) is 3.62. The van der Waals surface area contributed by atoms with Crippen molar-refractivity contribution in [1.29, 1.82) is 0 Å². The predicted molar refractivity (Wildman–Crippen MR) is 77.6 cm³/mol. The van der Waals surface area contributed by atoms with Crippen molar-refractivity contribution < 1.29 is 13.2 Å². The maximum absolute atomic E-state index is 14.2. The molecule has 0 aromatic heterocycles. The molecule has 0 nitrogen and oxygen atoms in total. The molecule has 0 fully saturated rings. The maximum atomic E-state index is 14.2. The molecule has 3 heteroatoms. The first-order chi connectivity index (χ1) is 10.1. The number of hydrogen-bond donors (Lipinski definition) is 0. The molecule has 0 bridgehead atoms. The Labute approximate surface area is 121 Å². The summed E-state index contributed by atoms with van der Waals surface area (Å²) < 4.78 is 40.7. The van der Waals surface area contributed by atoms with Gasteiger partial charge in [0.2, 0.25) is 0 Å². The number of fused-ring (bicyclic) bond motifs is 1. The molecule has 0 saturated carbocycles. The molecular weight excluding hydrogens is 273 g/mol. The third-order valence-electron chi connectivity index (χ3n) is 4.17. The van der Waals surface area contributed by atoms with Crippen molar-refractivity contribution in [3.05, 3.63) is 76.6 Å². The molecule has 0 N–H and O–H groups in total. The van der Waals surface area contributed by atoms with Crippen molar-refractivity contribution >= 4 is 6.08 Å². The van der Waals surface area contributed by atoms with Crippen LogP contribution in [-0.4, -0.2) is 0 Å². The third kappa shape index (κ3) is 2.60. The Morgan fingerprint density at radius 3 is 2.33 bits per heavy atom. The fraction of sp³-hybridized carbons (Fsp3) is 0.222. The van der Waals surface area contributed by atoms with Crippen molar-refractivity contribution in [2.45, 2.75) is 25.2 Å². The van der Waals surface area contributed by atoms with Crippen LogP contribution in [0.4, 0.5) is 13.2 Å². The van der Waals surface area contributed by atoms with E-state index in [4.69, 9.17) is 0 Å². The molecule has 3 rings (SSSR count). The zero-order valence-electron chi connectivity index (χ0n) is 11.5. The highest BCUT2D eigenvalue weighted by atomic mass is 19.2. The first-order valence-corrected chi connectivity index (χ1v) is 6.97. The van der Waals surface area contributed by atoms with Gasteiger partial charge in [-0.1, -0.05) is 24.8 Å². The Balaban J connectivity index is 1.92. The lowest BCUT2D eigenvalue weighted by atomic mass is 9.80. The van der Waals surface area contributed by atoms with Gasteiger partial charge in [-0.25, -0.2) is 13.2 Å².